The Bertz CT molecular complexity index is 197. The van der Waals surface area contributed by atoms with E-state index in [9.17, 15) is 0 Å². The zero-order valence-electron chi connectivity index (χ0n) is 9.99. The standard InChI is InChI=1S/C9H13.C4H7.ClH.Ir/c1-6-5-7(2)9(4)8(6)3;1-3-4-2;;/h5H,1-4H3;3H,1-2,4H2;1H;/q2*-1;;+3/p-1. The van der Waals surface area contributed by atoms with Crippen LogP contribution >= 0.6 is 9.58 Å². The van der Waals surface area contributed by atoms with Crippen LogP contribution in [0.1, 0.15) is 34.1 Å². The van der Waals surface area contributed by atoms with Crippen LogP contribution in [-0.2, 0) is 17.9 Å². The minimum absolute atomic E-state index is 0.833. The normalized spacial score (nSPS) is 15.9. The summed E-state index contributed by atoms with van der Waals surface area (Å²) >= 11 is 1.47. The first kappa shape index (κ1) is 17.7. The Labute approximate surface area is 110 Å². The summed E-state index contributed by atoms with van der Waals surface area (Å²) in [5.74, 6) is 2.87. The van der Waals surface area contributed by atoms with Gasteiger partial charge in [0.1, 0.15) is 0 Å². The van der Waals surface area contributed by atoms with Crippen LogP contribution in [0.3, 0.4) is 0 Å². The van der Waals surface area contributed by atoms with E-state index in [1.165, 1.54) is 40.9 Å². The molecule has 1 aliphatic carbocycles. The number of hydrogen-bond donors (Lipinski definition) is 0. The molecular formula is C13H20ClIr. The predicted molar refractivity (Wildman–Crippen MR) is 66.5 cm³/mol. The number of halogens is 1. The summed E-state index contributed by atoms with van der Waals surface area (Å²) in [7, 11) is 4.64. The molecule has 0 bridgehead atoms. The van der Waals surface area contributed by atoms with Crippen molar-refractivity contribution in [3.8, 4) is 0 Å². The van der Waals surface area contributed by atoms with Gasteiger partial charge in [0.05, 0.1) is 0 Å². The average Bonchev–Trinajstić information content (AvgIpc) is 2.49. The van der Waals surface area contributed by atoms with Gasteiger partial charge < -0.3 is 6.92 Å². The Morgan fingerprint density at radius 1 is 1.33 bits per heavy atom. The summed E-state index contributed by atoms with van der Waals surface area (Å²) in [4.78, 5) is 0. The van der Waals surface area contributed by atoms with E-state index in [0.29, 0.717) is 0 Å². The summed E-state index contributed by atoms with van der Waals surface area (Å²) in [5, 5.41) is 0. The van der Waals surface area contributed by atoms with Crippen LogP contribution in [0.5, 0.6) is 0 Å². The van der Waals surface area contributed by atoms with E-state index in [4.69, 9.17) is 0 Å². The third-order valence-corrected chi connectivity index (χ3v) is 2.38. The Kier molecular flexibility index (Phi) is 12.7. The van der Waals surface area contributed by atoms with Crippen LogP contribution in [0.25, 0.3) is 0 Å². The van der Waals surface area contributed by atoms with Gasteiger partial charge in [0.2, 0.25) is 0 Å². The molecule has 2 radical (unpaired) electrons. The maximum atomic E-state index is 4.64. The van der Waals surface area contributed by atoms with Crippen LogP contribution in [0.2, 0.25) is 0 Å². The van der Waals surface area contributed by atoms with Crippen molar-refractivity contribution in [3.05, 3.63) is 49.0 Å². The summed E-state index contributed by atoms with van der Waals surface area (Å²) in [6, 6.07) is 0. The van der Waals surface area contributed by atoms with E-state index in [0.717, 1.165) is 6.42 Å². The second-order valence-electron chi connectivity index (χ2n) is 3.34. The second kappa shape index (κ2) is 10.8. The molecule has 0 atom stereocenters. The zero-order chi connectivity index (χ0) is 12.4. The molecule has 88 valence electrons. The van der Waals surface area contributed by atoms with Crippen molar-refractivity contribution >= 4 is 9.58 Å². The molecule has 0 amide bonds. The number of rotatable bonds is 1. The molecule has 2 heteroatoms. The Balaban J connectivity index is 0. The van der Waals surface area contributed by atoms with E-state index < -0.39 is 0 Å². The van der Waals surface area contributed by atoms with Gasteiger partial charge in [-0.05, 0) is 0 Å². The molecule has 0 unspecified atom stereocenters. The molecule has 0 saturated carbocycles. The minimum atomic E-state index is 0.833. The fourth-order valence-electron chi connectivity index (χ4n) is 1.13. The summed E-state index contributed by atoms with van der Waals surface area (Å²) in [6.45, 7) is 15.6. The van der Waals surface area contributed by atoms with Crippen molar-refractivity contribution in [2.45, 2.75) is 34.1 Å². The fraction of sp³-hybridized carbons (Fsp3) is 0.385. The molecule has 0 aromatic rings. The van der Waals surface area contributed by atoms with Gasteiger partial charge in [-0.1, -0.05) is 32.6 Å². The summed E-state index contributed by atoms with van der Waals surface area (Å²) in [5.41, 5.74) is 2.87. The summed E-state index contributed by atoms with van der Waals surface area (Å²) < 4.78 is 0. The molecule has 0 spiro atoms. The maximum absolute atomic E-state index is 4.64. The van der Waals surface area contributed by atoms with Gasteiger partial charge in [0.15, 0.2) is 0 Å². The van der Waals surface area contributed by atoms with E-state index in [1.54, 1.807) is 6.08 Å². The first-order valence-electron chi connectivity index (χ1n) is 4.77. The number of allylic oxidation sites excluding steroid dienone is 3. The van der Waals surface area contributed by atoms with E-state index in [1.807, 2.05) is 0 Å². The second-order valence-corrected chi connectivity index (χ2v) is 3.34. The molecule has 0 fully saturated rings. The van der Waals surface area contributed by atoms with Gasteiger partial charge in [0, 0.05) is 0 Å². The first-order valence-corrected chi connectivity index (χ1v) is 7.74. The monoisotopic (exact) mass is 404 g/mol. The Morgan fingerprint density at radius 2 is 1.73 bits per heavy atom. The Hall–Kier alpha value is 0.289. The van der Waals surface area contributed by atoms with Crippen molar-refractivity contribution in [1.29, 1.82) is 0 Å². The van der Waals surface area contributed by atoms with Gasteiger partial charge in [-0.15, -0.1) is 19.6 Å². The molecule has 0 heterocycles. The summed E-state index contributed by atoms with van der Waals surface area (Å²) in [6.07, 6.45) is 4.84. The SMILES string of the molecule is C=CC[CH2-].C[C]1[CH-]C(C)=C(C)[C]1C.[Cl][Ir+2]. The van der Waals surface area contributed by atoms with Crippen LogP contribution in [0, 0.1) is 25.2 Å². The van der Waals surface area contributed by atoms with Gasteiger partial charge in [0.25, 0.3) is 0 Å². The molecule has 0 aliphatic heterocycles. The van der Waals surface area contributed by atoms with Crippen molar-refractivity contribution in [3.63, 3.8) is 0 Å². The molecule has 15 heavy (non-hydrogen) atoms. The van der Waals surface area contributed by atoms with Crippen LogP contribution in [-0.4, -0.2) is 0 Å². The number of hydrogen-bond acceptors (Lipinski definition) is 0. The predicted octanol–water partition coefficient (Wildman–Crippen LogP) is 4.81. The van der Waals surface area contributed by atoms with Crippen LogP contribution in [0.15, 0.2) is 23.8 Å². The molecule has 0 aromatic carbocycles. The third-order valence-electron chi connectivity index (χ3n) is 2.38. The zero-order valence-corrected chi connectivity index (χ0v) is 13.1. The fourth-order valence-corrected chi connectivity index (χ4v) is 1.13. The molecule has 0 N–H and O–H groups in total. The van der Waals surface area contributed by atoms with Gasteiger partial charge in [-0.25, -0.2) is 17.6 Å². The molecular weight excluding hydrogens is 384 g/mol. The van der Waals surface area contributed by atoms with Crippen LogP contribution < -0.4 is 0 Å². The van der Waals surface area contributed by atoms with Crippen molar-refractivity contribution in [2.24, 2.45) is 0 Å². The van der Waals surface area contributed by atoms with Crippen molar-refractivity contribution in [1.82, 2.24) is 0 Å². The quantitative estimate of drug-likeness (QED) is 0.435. The topological polar surface area (TPSA) is 0 Å². The molecule has 0 saturated heterocycles. The van der Waals surface area contributed by atoms with E-state index in [2.05, 4.69) is 57.2 Å². The van der Waals surface area contributed by atoms with Crippen LogP contribution in [0.4, 0.5) is 0 Å². The molecule has 0 aromatic heterocycles. The molecule has 0 nitrogen and oxygen atoms in total. The van der Waals surface area contributed by atoms with Gasteiger partial charge >= 0.3 is 27.5 Å². The Morgan fingerprint density at radius 3 is 1.80 bits per heavy atom. The van der Waals surface area contributed by atoms with Gasteiger partial charge in [-0.3, -0.25) is 0 Å². The molecule has 1 rings (SSSR count). The average molecular weight is 404 g/mol. The molecule has 1 aliphatic rings. The van der Waals surface area contributed by atoms with E-state index >= 15 is 0 Å². The van der Waals surface area contributed by atoms with Crippen molar-refractivity contribution in [2.75, 3.05) is 0 Å². The first-order chi connectivity index (χ1) is 7.04. The van der Waals surface area contributed by atoms with Crippen molar-refractivity contribution < 1.29 is 17.9 Å². The van der Waals surface area contributed by atoms with E-state index in [-0.39, 0.29) is 0 Å². The van der Waals surface area contributed by atoms with Gasteiger partial charge in [-0.2, -0.15) is 6.42 Å². The third kappa shape index (κ3) is 7.22.